The lowest BCUT2D eigenvalue weighted by atomic mass is 9.95. The van der Waals surface area contributed by atoms with Gasteiger partial charge in [-0.1, -0.05) is 48.9 Å². The van der Waals surface area contributed by atoms with Crippen molar-refractivity contribution in [3.63, 3.8) is 0 Å². The van der Waals surface area contributed by atoms with Crippen molar-refractivity contribution in [2.24, 2.45) is 5.92 Å². The number of rotatable bonds is 7. The molecule has 2 aromatic rings. The van der Waals surface area contributed by atoms with Crippen LogP contribution in [0.4, 0.5) is 0 Å². The first-order valence-corrected chi connectivity index (χ1v) is 10.5. The average molecular weight is 415 g/mol. The molecule has 0 spiro atoms. The second kappa shape index (κ2) is 10.3. The predicted molar refractivity (Wildman–Crippen MR) is 114 cm³/mol. The zero-order chi connectivity index (χ0) is 20.6. The molecule has 1 aliphatic heterocycles. The molecular weight excluding hydrogens is 388 g/mol. The van der Waals surface area contributed by atoms with E-state index in [4.69, 9.17) is 16.3 Å². The Labute approximate surface area is 177 Å². The van der Waals surface area contributed by atoms with E-state index in [1.54, 1.807) is 17.0 Å². The molecule has 0 bridgehead atoms. The molecule has 1 aliphatic rings. The van der Waals surface area contributed by atoms with E-state index in [0.29, 0.717) is 55.4 Å². The molecule has 1 saturated heterocycles. The number of ether oxygens (including phenoxy) is 1. The fourth-order valence-corrected chi connectivity index (χ4v) is 3.64. The largest absolute Gasteiger partial charge is 0.488 e. The predicted octanol–water partition coefficient (Wildman–Crippen LogP) is 4.30. The quantitative estimate of drug-likeness (QED) is 0.734. The topological polar surface area (TPSA) is 58.6 Å². The Morgan fingerprint density at radius 2 is 1.79 bits per heavy atom. The van der Waals surface area contributed by atoms with Crippen LogP contribution in [-0.4, -0.2) is 36.3 Å². The summed E-state index contributed by atoms with van der Waals surface area (Å²) >= 11 is 6.20. The van der Waals surface area contributed by atoms with Crippen LogP contribution in [0.15, 0.2) is 48.5 Å². The summed E-state index contributed by atoms with van der Waals surface area (Å²) in [5.41, 5.74) is 1.41. The van der Waals surface area contributed by atoms with E-state index in [-0.39, 0.29) is 17.7 Å². The molecule has 1 N–H and O–H groups in total. The minimum Gasteiger partial charge on any atom is -0.488 e. The highest BCUT2D eigenvalue weighted by molar-refractivity contribution is 6.31. The molecule has 0 radical (unpaired) electrons. The third-order valence-corrected chi connectivity index (χ3v) is 5.53. The molecule has 0 unspecified atom stereocenters. The summed E-state index contributed by atoms with van der Waals surface area (Å²) in [6.07, 6.45) is 2.29. The third kappa shape index (κ3) is 5.51. The minimum atomic E-state index is -0.0628. The van der Waals surface area contributed by atoms with Crippen molar-refractivity contribution in [1.29, 1.82) is 0 Å². The summed E-state index contributed by atoms with van der Waals surface area (Å²) in [6, 6.07) is 14.8. The van der Waals surface area contributed by atoms with Gasteiger partial charge in [0.2, 0.25) is 5.91 Å². The molecular formula is C23H27ClN2O3. The van der Waals surface area contributed by atoms with Crippen LogP contribution < -0.4 is 10.1 Å². The Balaban J connectivity index is 1.62. The lowest BCUT2D eigenvalue weighted by molar-refractivity contribution is -0.126. The smallest absolute Gasteiger partial charge is 0.257 e. The van der Waals surface area contributed by atoms with Crippen LogP contribution >= 0.6 is 11.6 Å². The van der Waals surface area contributed by atoms with Crippen LogP contribution in [-0.2, 0) is 11.4 Å². The Morgan fingerprint density at radius 1 is 1.10 bits per heavy atom. The van der Waals surface area contributed by atoms with Crippen molar-refractivity contribution in [2.75, 3.05) is 19.6 Å². The number of carbonyl (C=O) groups excluding carboxylic acids is 2. The highest BCUT2D eigenvalue weighted by Crippen LogP contribution is 2.25. The van der Waals surface area contributed by atoms with Crippen molar-refractivity contribution in [3.8, 4) is 5.75 Å². The van der Waals surface area contributed by atoms with Crippen LogP contribution in [0.3, 0.4) is 0 Å². The van der Waals surface area contributed by atoms with Gasteiger partial charge in [-0.15, -0.1) is 0 Å². The van der Waals surface area contributed by atoms with Crippen LogP contribution in [0, 0.1) is 5.92 Å². The number of likely N-dealkylation sites (tertiary alicyclic amines) is 1. The van der Waals surface area contributed by atoms with Gasteiger partial charge in [0.1, 0.15) is 12.4 Å². The number of piperidine rings is 1. The van der Waals surface area contributed by atoms with Gasteiger partial charge < -0.3 is 15.0 Å². The summed E-state index contributed by atoms with van der Waals surface area (Å²) in [6.45, 7) is 4.17. The number of hydrogen-bond acceptors (Lipinski definition) is 3. The number of para-hydroxylation sites is 1. The summed E-state index contributed by atoms with van der Waals surface area (Å²) < 4.78 is 5.92. The SMILES string of the molecule is CCCNC(=O)C1CCN(C(=O)c2ccccc2OCc2ccccc2Cl)CC1. The van der Waals surface area contributed by atoms with E-state index in [9.17, 15) is 9.59 Å². The maximum absolute atomic E-state index is 13.1. The molecule has 3 rings (SSSR count). The lowest BCUT2D eigenvalue weighted by Crippen LogP contribution is -2.43. The van der Waals surface area contributed by atoms with Crippen molar-refractivity contribution in [2.45, 2.75) is 32.8 Å². The number of amides is 2. The molecule has 2 amide bonds. The molecule has 1 heterocycles. The van der Waals surface area contributed by atoms with Gasteiger partial charge >= 0.3 is 0 Å². The molecule has 0 aliphatic carbocycles. The van der Waals surface area contributed by atoms with Crippen LogP contribution in [0.5, 0.6) is 5.75 Å². The summed E-state index contributed by atoms with van der Waals surface area (Å²) in [5.74, 6) is 0.562. The summed E-state index contributed by atoms with van der Waals surface area (Å²) in [7, 11) is 0. The zero-order valence-electron chi connectivity index (χ0n) is 16.7. The number of nitrogens with zero attached hydrogens (tertiary/aromatic N) is 1. The van der Waals surface area contributed by atoms with E-state index in [2.05, 4.69) is 5.32 Å². The Hall–Kier alpha value is -2.53. The van der Waals surface area contributed by atoms with Crippen molar-refractivity contribution >= 4 is 23.4 Å². The molecule has 2 aromatic carbocycles. The molecule has 1 fully saturated rings. The number of halogens is 1. The van der Waals surface area contributed by atoms with Gasteiger partial charge in [0.05, 0.1) is 5.56 Å². The van der Waals surface area contributed by atoms with Crippen molar-refractivity contribution in [1.82, 2.24) is 10.2 Å². The standard InChI is InChI=1S/C23H27ClN2O3/c1-2-13-25-22(27)17-11-14-26(15-12-17)23(28)19-8-4-6-10-21(19)29-16-18-7-3-5-9-20(18)24/h3-10,17H,2,11-16H2,1H3,(H,25,27). The van der Waals surface area contributed by atoms with Gasteiger partial charge in [0.15, 0.2) is 0 Å². The normalized spacial score (nSPS) is 14.5. The molecule has 29 heavy (non-hydrogen) atoms. The molecule has 6 heteroatoms. The van der Waals surface area contributed by atoms with Crippen LogP contribution in [0.1, 0.15) is 42.1 Å². The van der Waals surface area contributed by atoms with E-state index < -0.39 is 0 Å². The number of benzene rings is 2. The second-order valence-corrected chi connectivity index (χ2v) is 7.64. The average Bonchev–Trinajstić information content (AvgIpc) is 2.77. The lowest BCUT2D eigenvalue weighted by Gasteiger charge is -2.31. The monoisotopic (exact) mass is 414 g/mol. The van der Waals surface area contributed by atoms with E-state index >= 15 is 0 Å². The van der Waals surface area contributed by atoms with Gasteiger partial charge in [0, 0.05) is 36.1 Å². The van der Waals surface area contributed by atoms with Gasteiger partial charge in [-0.3, -0.25) is 9.59 Å². The molecule has 0 saturated carbocycles. The van der Waals surface area contributed by atoms with Gasteiger partial charge in [0.25, 0.3) is 5.91 Å². The Kier molecular flexibility index (Phi) is 7.53. The highest BCUT2D eigenvalue weighted by Gasteiger charge is 2.28. The van der Waals surface area contributed by atoms with E-state index in [1.165, 1.54) is 0 Å². The maximum atomic E-state index is 13.1. The molecule has 5 nitrogen and oxygen atoms in total. The minimum absolute atomic E-state index is 0.0164. The van der Waals surface area contributed by atoms with Crippen LogP contribution in [0.2, 0.25) is 5.02 Å². The fourth-order valence-electron chi connectivity index (χ4n) is 3.45. The number of nitrogens with one attached hydrogen (secondary N) is 1. The summed E-state index contributed by atoms with van der Waals surface area (Å²) in [4.78, 5) is 27.0. The first-order chi connectivity index (χ1) is 14.1. The van der Waals surface area contributed by atoms with Gasteiger partial charge in [-0.25, -0.2) is 0 Å². The van der Waals surface area contributed by atoms with Gasteiger partial charge in [-0.05, 0) is 37.5 Å². The maximum Gasteiger partial charge on any atom is 0.257 e. The number of hydrogen-bond donors (Lipinski definition) is 1. The molecule has 0 aromatic heterocycles. The van der Waals surface area contributed by atoms with Gasteiger partial charge in [-0.2, -0.15) is 0 Å². The van der Waals surface area contributed by atoms with Crippen molar-refractivity contribution < 1.29 is 14.3 Å². The van der Waals surface area contributed by atoms with E-state index in [0.717, 1.165) is 12.0 Å². The first-order valence-electron chi connectivity index (χ1n) is 10.1. The van der Waals surface area contributed by atoms with Crippen molar-refractivity contribution in [3.05, 3.63) is 64.7 Å². The molecule has 0 atom stereocenters. The Bertz CT molecular complexity index is 848. The zero-order valence-corrected chi connectivity index (χ0v) is 17.5. The van der Waals surface area contributed by atoms with Crippen LogP contribution in [0.25, 0.3) is 0 Å². The Morgan fingerprint density at radius 3 is 2.52 bits per heavy atom. The first kappa shape index (κ1) is 21.2. The molecule has 154 valence electrons. The highest BCUT2D eigenvalue weighted by atomic mass is 35.5. The third-order valence-electron chi connectivity index (χ3n) is 5.16. The second-order valence-electron chi connectivity index (χ2n) is 7.23. The fraction of sp³-hybridized carbons (Fsp3) is 0.391. The summed E-state index contributed by atoms with van der Waals surface area (Å²) in [5, 5.41) is 3.59. The van der Waals surface area contributed by atoms with E-state index in [1.807, 2.05) is 43.3 Å². The number of carbonyl (C=O) groups is 2.